The summed E-state index contributed by atoms with van der Waals surface area (Å²) in [5.74, 6) is -1.92. The number of fused-ring (bicyclic) bond motifs is 1. The van der Waals surface area contributed by atoms with Crippen molar-refractivity contribution in [3.63, 3.8) is 0 Å². The normalized spacial score (nSPS) is 12.2. The number of aromatic nitrogens is 1. The van der Waals surface area contributed by atoms with Crippen LogP contribution >= 0.6 is 0 Å². The molecule has 0 spiro atoms. The molecule has 0 fully saturated rings. The number of rotatable bonds is 5. The lowest BCUT2D eigenvalue weighted by molar-refractivity contribution is 0.195. The third-order valence-corrected chi connectivity index (χ3v) is 5.02. The smallest absolute Gasteiger partial charge is 0.184 e. The Labute approximate surface area is 177 Å². The van der Waals surface area contributed by atoms with Gasteiger partial charge in [0.25, 0.3) is 0 Å². The van der Waals surface area contributed by atoms with Crippen LogP contribution in [0.15, 0.2) is 60.7 Å². The number of pyridine rings is 1. The molecule has 4 rings (SSSR count). The number of aliphatic hydroxyl groups is 1. The molecule has 0 saturated heterocycles. The van der Waals surface area contributed by atoms with Crippen LogP contribution in [0.1, 0.15) is 18.2 Å². The van der Waals surface area contributed by atoms with Crippen LogP contribution in [0.3, 0.4) is 0 Å². The van der Waals surface area contributed by atoms with E-state index in [2.05, 4.69) is 4.98 Å². The molecule has 0 amide bonds. The second-order valence-electron chi connectivity index (χ2n) is 7.43. The average Bonchev–Trinajstić information content (AvgIpc) is 2.73. The van der Waals surface area contributed by atoms with E-state index in [1.807, 2.05) is 12.1 Å². The van der Waals surface area contributed by atoms with E-state index in [1.165, 1.54) is 18.2 Å². The van der Waals surface area contributed by atoms with Crippen LogP contribution in [-0.2, 0) is 6.42 Å². The average molecular weight is 423 g/mol. The lowest BCUT2D eigenvalue weighted by Gasteiger charge is -2.17. The fourth-order valence-corrected chi connectivity index (χ4v) is 3.59. The number of halogens is 3. The van der Waals surface area contributed by atoms with Crippen LogP contribution in [-0.4, -0.2) is 16.2 Å². The van der Waals surface area contributed by atoms with Crippen LogP contribution in [0.5, 0.6) is 11.5 Å². The number of hydrogen-bond donors (Lipinski definition) is 1. The number of nitrogens with zero attached hydrogens (tertiary/aromatic N) is 1. The highest BCUT2D eigenvalue weighted by molar-refractivity contribution is 5.81. The first-order chi connectivity index (χ1) is 14.8. The van der Waals surface area contributed by atoms with Gasteiger partial charge in [-0.1, -0.05) is 30.3 Å². The fourth-order valence-electron chi connectivity index (χ4n) is 3.59. The van der Waals surface area contributed by atoms with Crippen molar-refractivity contribution in [3.8, 4) is 22.6 Å². The molecule has 1 unspecified atom stereocenters. The van der Waals surface area contributed by atoms with Gasteiger partial charge in [-0.25, -0.2) is 18.2 Å². The van der Waals surface area contributed by atoms with E-state index in [4.69, 9.17) is 4.74 Å². The van der Waals surface area contributed by atoms with Crippen molar-refractivity contribution >= 4 is 10.9 Å². The summed E-state index contributed by atoms with van der Waals surface area (Å²) in [4.78, 5) is 4.15. The molecule has 6 heteroatoms. The lowest BCUT2D eigenvalue weighted by atomic mass is 9.95. The second kappa shape index (κ2) is 8.40. The Kier molecular flexibility index (Phi) is 5.65. The van der Waals surface area contributed by atoms with E-state index in [1.54, 1.807) is 38.1 Å². The molecule has 4 aromatic rings. The standard InChI is InChI=1S/C25H20F3NO2/c1-14(30)12-16-6-3-4-7-18(16)23-19(26)8-5-9-21(23)31-22-13-17-10-11-20(27)24(28)25(17)29-15(22)2/h3-11,13-14,30H,12H2,1-2H3. The van der Waals surface area contributed by atoms with Crippen molar-refractivity contribution in [1.29, 1.82) is 0 Å². The molecule has 0 bridgehead atoms. The van der Waals surface area contributed by atoms with Gasteiger partial charge in [0.15, 0.2) is 11.6 Å². The van der Waals surface area contributed by atoms with Crippen molar-refractivity contribution in [1.82, 2.24) is 4.98 Å². The molecule has 31 heavy (non-hydrogen) atoms. The molecule has 0 aliphatic rings. The van der Waals surface area contributed by atoms with Crippen LogP contribution in [0.4, 0.5) is 13.2 Å². The van der Waals surface area contributed by atoms with Gasteiger partial charge in [0.1, 0.15) is 22.8 Å². The maximum atomic E-state index is 15.0. The van der Waals surface area contributed by atoms with Gasteiger partial charge in [-0.05, 0) is 61.7 Å². The molecule has 1 heterocycles. The van der Waals surface area contributed by atoms with Crippen LogP contribution in [0.2, 0.25) is 0 Å². The zero-order chi connectivity index (χ0) is 22.1. The third kappa shape index (κ3) is 4.11. The molecule has 0 aliphatic carbocycles. The van der Waals surface area contributed by atoms with Gasteiger partial charge >= 0.3 is 0 Å². The minimum atomic E-state index is -1.02. The van der Waals surface area contributed by atoms with Crippen molar-refractivity contribution in [2.24, 2.45) is 0 Å². The van der Waals surface area contributed by atoms with Crippen LogP contribution in [0.25, 0.3) is 22.0 Å². The van der Waals surface area contributed by atoms with Crippen LogP contribution < -0.4 is 4.74 Å². The minimum Gasteiger partial charge on any atom is -0.455 e. The summed E-state index contributed by atoms with van der Waals surface area (Å²) in [6.45, 7) is 3.28. The summed E-state index contributed by atoms with van der Waals surface area (Å²) in [5, 5.41) is 10.2. The number of aryl methyl sites for hydroxylation is 1. The first kappa shape index (κ1) is 20.9. The van der Waals surface area contributed by atoms with Gasteiger partial charge < -0.3 is 9.84 Å². The number of hydrogen-bond acceptors (Lipinski definition) is 3. The van der Waals surface area contributed by atoms with Gasteiger partial charge in [-0.2, -0.15) is 0 Å². The molecule has 158 valence electrons. The van der Waals surface area contributed by atoms with E-state index in [9.17, 15) is 18.3 Å². The summed E-state index contributed by atoms with van der Waals surface area (Å²) < 4.78 is 48.6. The molecule has 1 N–H and O–H groups in total. The minimum absolute atomic E-state index is 0.0911. The monoisotopic (exact) mass is 423 g/mol. The molecule has 0 radical (unpaired) electrons. The Bertz CT molecular complexity index is 1270. The van der Waals surface area contributed by atoms with Crippen molar-refractivity contribution in [2.45, 2.75) is 26.4 Å². The number of aliphatic hydroxyl groups excluding tert-OH is 1. The predicted octanol–water partition coefficient (Wildman–Crippen LogP) is 6.34. The molecular formula is C25H20F3NO2. The fraction of sp³-hybridized carbons (Fsp3) is 0.160. The Morgan fingerprint density at radius 3 is 2.48 bits per heavy atom. The van der Waals surface area contributed by atoms with Gasteiger partial charge in [0.2, 0.25) is 0 Å². The molecule has 1 aromatic heterocycles. The summed E-state index contributed by atoms with van der Waals surface area (Å²) in [6, 6.07) is 15.7. The second-order valence-corrected chi connectivity index (χ2v) is 7.43. The highest BCUT2D eigenvalue weighted by Crippen LogP contribution is 2.39. The van der Waals surface area contributed by atoms with E-state index >= 15 is 0 Å². The van der Waals surface area contributed by atoms with E-state index < -0.39 is 23.6 Å². The Balaban J connectivity index is 1.83. The van der Waals surface area contributed by atoms with Gasteiger partial charge in [-0.3, -0.25) is 0 Å². The van der Waals surface area contributed by atoms with Gasteiger partial charge in [0, 0.05) is 5.39 Å². The Morgan fingerprint density at radius 1 is 0.935 bits per heavy atom. The van der Waals surface area contributed by atoms with Gasteiger partial charge in [-0.15, -0.1) is 0 Å². The Hall–Kier alpha value is -3.38. The number of ether oxygens (including phenoxy) is 1. The third-order valence-electron chi connectivity index (χ3n) is 5.02. The summed E-state index contributed by atoms with van der Waals surface area (Å²) in [5.41, 5.74) is 1.88. The zero-order valence-corrected chi connectivity index (χ0v) is 17.0. The quantitative estimate of drug-likeness (QED) is 0.407. The van der Waals surface area contributed by atoms with E-state index in [-0.39, 0.29) is 16.8 Å². The van der Waals surface area contributed by atoms with Gasteiger partial charge in [0.05, 0.1) is 17.4 Å². The molecule has 1 atom stereocenters. The summed E-state index contributed by atoms with van der Waals surface area (Å²) in [6.07, 6.45) is -0.245. The van der Waals surface area contributed by atoms with Crippen molar-refractivity contribution in [2.75, 3.05) is 0 Å². The predicted molar refractivity (Wildman–Crippen MR) is 114 cm³/mol. The van der Waals surface area contributed by atoms with Crippen LogP contribution in [0, 0.1) is 24.4 Å². The summed E-state index contributed by atoms with van der Waals surface area (Å²) in [7, 11) is 0. The molecule has 0 saturated carbocycles. The first-order valence-corrected chi connectivity index (χ1v) is 9.83. The molecule has 0 aliphatic heterocycles. The van der Waals surface area contributed by atoms with Crippen molar-refractivity contribution < 1.29 is 23.0 Å². The van der Waals surface area contributed by atoms with Crippen molar-refractivity contribution in [3.05, 3.63) is 89.4 Å². The Morgan fingerprint density at radius 2 is 1.71 bits per heavy atom. The molecule has 3 aromatic carbocycles. The van der Waals surface area contributed by atoms with E-state index in [0.717, 1.165) is 11.6 Å². The first-order valence-electron chi connectivity index (χ1n) is 9.83. The number of benzene rings is 3. The lowest BCUT2D eigenvalue weighted by Crippen LogP contribution is -2.06. The topological polar surface area (TPSA) is 42.4 Å². The molecular weight excluding hydrogens is 403 g/mol. The maximum Gasteiger partial charge on any atom is 0.184 e. The largest absolute Gasteiger partial charge is 0.455 e. The van der Waals surface area contributed by atoms with E-state index in [0.29, 0.717) is 28.8 Å². The molecule has 3 nitrogen and oxygen atoms in total. The highest BCUT2D eigenvalue weighted by Gasteiger charge is 2.19. The highest BCUT2D eigenvalue weighted by atomic mass is 19.2. The summed E-state index contributed by atoms with van der Waals surface area (Å²) >= 11 is 0. The SMILES string of the molecule is Cc1nc2c(F)c(F)ccc2cc1Oc1cccc(F)c1-c1ccccc1CC(C)O. The maximum absolute atomic E-state index is 15.0. The zero-order valence-electron chi connectivity index (χ0n) is 17.0.